The number of nitrogens with zero attached hydrogens (tertiary/aromatic N) is 2. The average molecular weight is 187 g/mol. The lowest BCUT2D eigenvalue weighted by Crippen LogP contribution is -2.10. The van der Waals surface area contributed by atoms with Crippen LogP contribution in [0.3, 0.4) is 0 Å². The van der Waals surface area contributed by atoms with Crippen LogP contribution in [0.4, 0.5) is 5.00 Å². The summed E-state index contributed by atoms with van der Waals surface area (Å²) in [5, 5.41) is 9.94. The third-order valence-corrected chi connectivity index (χ3v) is 2.87. The molecule has 0 spiro atoms. The third-order valence-electron chi connectivity index (χ3n) is 1.52. The molecule has 0 fully saturated rings. The molecule has 1 aliphatic rings. The Balaban J connectivity index is 2.28. The zero-order chi connectivity index (χ0) is 7.68. The van der Waals surface area contributed by atoms with Gasteiger partial charge in [0.1, 0.15) is 5.00 Å². The molecule has 4 heteroatoms. The van der Waals surface area contributed by atoms with Gasteiger partial charge in [-0.1, -0.05) is 11.6 Å². The zero-order valence-corrected chi connectivity index (χ0v) is 7.40. The van der Waals surface area contributed by atoms with Gasteiger partial charge in [0, 0.05) is 19.2 Å². The molecule has 0 unspecified atom stereocenters. The van der Waals surface area contributed by atoms with E-state index in [0.717, 1.165) is 23.0 Å². The zero-order valence-electron chi connectivity index (χ0n) is 5.83. The first-order chi connectivity index (χ1) is 5.38. The second kappa shape index (κ2) is 2.83. The van der Waals surface area contributed by atoms with Crippen molar-refractivity contribution in [3.05, 3.63) is 16.5 Å². The van der Waals surface area contributed by atoms with Gasteiger partial charge in [-0.3, -0.25) is 5.01 Å². The predicted molar refractivity (Wildman–Crippen MR) is 49.8 cm³/mol. The van der Waals surface area contributed by atoms with Crippen LogP contribution >= 0.6 is 22.9 Å². The first-order valence-electron chi connectivity index (χ1n) is 3.41. The van der Waals surface area contributed by atoms with Crippen molar-refractivity contribution in [2.45, 2.75) is 6.42 Å². The largest absolute Gasteiger partial charge is 0.254 e. The van der Waals surface area contributed by atoms with Crippen molar-refractivity contribution in [3.63, 3.8) is 0 Å². The van der Waals surface area contributed by atoms with Gasteiger partial charge in [-0.25, -0.2) is 0 Å². The van der Waals surface area contributed by atoms with Crippen LogP contribution in [0.2, 0.25) is 5.02 Å². The standard InChI is InChI=1S/C7H7ClN2S/c8-6-2-5-11-7(6)10-4-1-3-9-10/h2-3,5H,1,4H2. The molecular weight excluding hydrogens is 180 g/mol. The Morgan fingerprint density at radius 2 is 2.55 bits per heavy atom. The summed E-state index contributed by atoms with van der Waals surface area (Å²) in [7, 11) is 0. The quantitative estimate of drug-likeness (QED) is 0.659. The van der Waals surface area contributed by atoms with Crippen molar-refractivity contribution in [1.29, 1.82) is 0 Å². The Morgan fingerprint density at radius 1 is 1.64 bits per heavy atom. The van der Waals surface area contributed by atoms with Crippen LogP contribution < -0.4 is 5.01 Å². The fourth-order valence-electron chi connectivity index (χ4n) is 1.02. The highest BCUT2D eigenvalue weighted by atomic mass is 35.5. The van der Waals surface area contributed by atoms with Crippen molar-refractivity contribution < 1.29 is 0 Å². The average Bonchev–Trinajstić information content (AvgIpc) is 2.55. The molecule has 0 N–H and O–H groups in total. The van der Waals surface area contributed by atoms with Gasteiger partial charge in [-0.05, 0) is 11.4 Å². The number of rotatable bonds is 1. The van der Waals surface area contributed by atoms with E-state index in [2.05, 4.69) is 5.10 Å². The minimum atomic E-state index is 0.800. The lowest BCUT2D eigenvalue weighted by molar-refractivity contribution is 0.934. The summed E-state index contributed by atoms with van der Waals surface area (Å²) in [6.07, 6.45) is 2.93. The van der Waals surface area contributed by atoms with Crippen molar-refractivity contribution >= 4 is 34.2 Å². The smallest absolute Gasteiger partial charge is 0.131 e. The molecule has 0 atom stereocenters. The molecule has 2 rings (SSSR count). The number of hydrogen-bond donors (Lipinski definition) is 0. The summed E-state index contributed by atoms with van der Waals surface area (Å²) in [5.41, 5.74) is 0. The monoisotopic (exact) mass is 186 g/mol. The van der Waals surface area contributed by atoms with Crippen molar-refractivity contribution in [1.82, 2.24) is 0 Å². The minimum absolute atomic E-state index is 0.800. The molecular formula is C7H7ClN2S. The van der Waals surface area contributed by atoms with Gasteiger partial charge in [0.25, 0.3) is 0 Å². The Morgan fingerprint density at radius 3 is 3.09 bits per heavy atom. The first kappa shape index (κ1) is 7.13. The molecule has 0 radical (unpaired) electrons. The van der Waals surface area contributed by atoms with Crippen LogP contribution in [-0.4, -0.2) is 12.8 Å². The van der Waals surface area contributed by atoms with E-state index in [1.807, 2.05) is 22.7 Å². The maximum absolute atomic E-state index is 5.91. The van der Waals surface area contributed by atoms with E-state index < -0.39 is 0 Å². The van der Waals surface area contributed by atoms with Crippen molar-refractivity contribution in [2.24, 2.45) is 5.10 Å². The molecule has 58 valence electrons. The summed E-state index contributed by atoms with van der Waals surface area (Å²) >= 11 is 7.54. The van der Waals surface area contributed by atoms with Gasteiger partial charge >= 0.3 is 0 Å². The molecule has 0 bridgehead atoms. The van der Waals surface area contributed by atoms with E-state index in [-0.39, 0.29) is 0 Å². The topological polar surface area (TPSA) is 15.6 Å². The Hall–Kier alpha value is -0.540. The fourth-order valence-corrected chi connectivity index (χ4v) is 2.16. The van der Waals surface area contributed by atoms with Crippen LogP contribution in [0, 0.1) is 0 Å². The van der Waals surface area contributed by atoms with E-state index in [1.54, 1.807) is 11.3 Å². The SMILES string of the molecule is Clc1ccsc1N1CCC=N1. The molecule has 1 aliphatic heterocycles. The molecule has 1 aromatic heterocycles. The highest BCUT2D eigenvalue weighted by Crippen LogP contribution is 2.32. The fraction of sp³-hybridized carbons (Fsp3) is 0.286. The summed E-state index contributed by atoms with van der Waals surface area (Å²) < 4.78 is 0. The molecule has 0 amide bonds. The van der Waals surface area contributed by atoms with E-state index in [9.17, 15) is 0 Å². The van der Waals surface area contributed by atoms with Gasteiger partial charge < -0.3 is 0 Å². The number of thiophene rings is 1. The van der Waals surface area contributed by atoms with Crippen molar-refractivity contribution in [3.8, 4) is 0 Å². The molecule has 0 aromatic carbocycles. The lowest BCUT2D eigenvalue weighted by Gasteiger charge is -2.10. The first-order valence-corrected chi connectivity index (χ1v) is 4.66. The van der Waals surface area contributed by atoms with Crippen LogP contribution in [-0.2, 0) is 0 Å². The van der Waals surface area contributed by atoms with Gasteiger partial charge in [0.2, 0.25) is 0 Å². The molecule has 2 heterocycles. The van der Waals surface area contributed by atoms with E-state index >= 15 is 0 Å². The number of anilines is 1. The van der Waals surface area contributed by atoms with E-state index in [4.69, 9.17) is 11.6 Å². The predicted octanol–water partition coefficient (Wildman–Crippen LogP) is 2.60. The van der Waals surface area contributed by atoms with Crippen LogP contribution in [0.15, 0.2) is 16.5 Å². The summed E-state index contributed by atoms with van der Waals surface area (Å²) in [6.45, 7) is 0.959. The van der Waals surface area contributed by atoms with Gasteiger partial charge in [0.05, 0.1) is 5.02 Å². The second-order valence-electron chi connectivity index (χ2n) is 2.28. The maximum atomic E-state index is 5.91. The Bertz CT molecular complexity index is 282. The number of hydrazone groups is 1. The molecule has 0 saturated carbocycles. The third kappa shape index (κ3) is 1.26. The summed E-state index contributed by atoms with van der Waals surface area (Å²) in [4.78, 5) is 0. The number of halogens is 1. The van der Waals surface area contributed by atoms with Crippen molar-refractivity contribution in [2.75, 3.05) is 11.6 Å². The highest BCUT2D eigenvalue weighted by molar-refractivity contribution is 7.15. The van der Waals surface area contributed by atoms with Gasteiger partial charge in [-0.2, -0.15) is 5.10 Å². The summed E-state index contributed by atoms with van der Waals surface area (Å²) in [5.74, 6) is 0. The van der Waals surface area contributed by atoms with Crippen LogP contribution in [0.5, 0.6) is 0 Å². The second-order valence-corrected chi connectivity index (χ2v) is 3.59. The normalized spacial score (nSPS) is 16.3. The highest BCUT2D eigenvalue weighted by Gasteiger charge is 2.12. The molecule has 11 heavy (non-hydrogen) atoms. The molecule has 0 aliphatic carbocycles. The van der Waals surface area contributed by atoms with E-state index in [0.29, 0.717) is 0 Å². The Kier molecular flexibility index (Phi) is 1.84. The molecule has 0 saturated heterocycles. The molecule has 1 aromatic rings. The number of hydrogen-bond acceptors (Lipinski definition) is 3. The maximum Gasteiger partial charge on any atom is 0.131 e. The minimum Gasteiger partial charge on any atom is -0.254 e. The Labute approximate surface area is 74.1 Å². The summed E-state index contributed by atoms with van der Waals surface area (Å²) in [6, 6.07) is 1.90. The van der Waals surface area contributed by atoms with Gasteiger partial charge in [0.15, 0.2) is 0 Å². The van der Waals surface area contributed by atoms with Crippen LogP contribution in [0.25, 0.3) is 0 Å². The van der Waals surface area contributed by atoms with Gasteiger partial charge in [-0.15, -0.1) is 11.3 Å². The van der Waals surface area contributed by atoms with Crippen LogP contribution in [0.1, 0.15) is 6.42 Å². The molecule has 2 nitrogen and oxygen atoms in total. The van der Waals surface area contributed by atoms with E-state index in [1.165, 1.54) is 0 Å². The lowest BCUT2D eigenvalue weighted by atomic mass is 10.5.